The summed E-state index contributed by atoms with van der Waals surface area (Å²) in [7, 11) is -9.91. The Morgan fingerprint density at radius 2 is 0.412 bits per heavy atom. The van der Waals surface area contributed by atoms with E-state index in [2.05, 4.69) is 27.7 Å². The normalized spacial score (nSPS) is 13.8. The van der Waals surface area contributed by atoms with Crippen LogP contribution in [0.2, 0.25) is 0 Å². The zero-order chi connectivity index (χ0) is 71.1. The van der Waals surface area contributed by atoms with Gasteiger partial charge >= 0.3 is 39.5 Å². The Balaban J connectivity index is 5.20. The van der Waals surface area contributed by atoms with Gasteiger partial charge in [-0.25, -0.2) is 9.13 Å². The molecule has 0 amide bonds. The highest BCUT2D eigenvalue weighted by atomic mass is 31.2. The predicted molar refractivity (Wildman–Crippen MR) is 395 cm³/mol. The van der Waals surface area contributed by atoms with E-state index in [-0.39, 0.29) is 25.7 Å². The molecule has 0 rings (SSSR count). The van der Waals surface area contributed by atoms with Gasteiger partial charge in [-0.05, 0) is 25.7 Å². The maximum Gasteiger partial charge on any atom is 0.472 e. The Morgan fingerprint density at radius 3 is 0.608 bits per heavy atom. The van der Waals surface area contributed by atoms with E-state index >= 15 is 0 Å². The topological polar surface area (TPSA) is 237 Å². The van der Waals surface area contributed by atoms with E-state index < -0.39 is 97.5 Å². The first-order chi connectivity index (χ1) is 47.2. The molecule has 0 saturated carbocycles. The molecule has 0 aliphatic heterocycles. The smallest absolute Gasteiger partial charge is 0.462 e. The molecule has 3 N–H and O–H groups in total. The summed E-state index contributed by atoms with van der Waals surface area (Å²) in [5.41, 5.74) is 0. The van der Waals surface area contributed by atoms with Crippen molar-refractivity contribution in [3.8, 4) is 0 Å². The lowest BCUT2D eigenvalue weighted by Gasteiger charge is -2.21. The number of hydrogen-bond acceptors (Lipinski definition) is 15. The van der Waals surface area contributed by atoms with E-state index in [0.717, 1.165) is 89.9 Å². The number of phosphoric ester groups is 2. The highest BCUT2D eigenvalue weighted by molar-refractivity contribution is 7.47. The third-order valence-electron chi connectivity index (χ3n) is 18.4. The van der Waals surface area contributed by atoms with Gasteiger partial charge in [0.25, 0.3) is 0 Å². The molecule has 0 fully saturated rings. The van der Waals surface area contributed by atoms with Crippen molar-refractivity contribution < 1.29 is 80.2 Å². The van der Waals surface area contributed by atoms with Crippen LogP contribution >= 0.6 is 15.6 Å². The zero-order valence-electron chi connectivity index (χ0n) is 63.1. The summed E-state index contributed by atoms with van der Waals surface area (Å²) in [4.78, 5) is 72.8. The molecule has 0 heterocycles. The molecule has 2 unspecified atom stereocenters. The quantitative estimate of drug-likeness (QED) is 0.0222. The van der Waals surface area contributed by atoms with Crippen molar-refractivity contribution >= 4 is 39.5 Å². The highest BCUT2D eigenvalue weighted by Crippen LogP contribution is 2.45. The van der Waals surface area contributed by atoms with E-state index in [0.29, 0.717) is 25.7 Å². The molecule has 97 heavy (non-hydrogen) atoms. The molecular weight excluding hydrogens is 1270 g/mol. The maximum absolute atomic E-state index is 13.1. The molecule has 17 nitrogen and oxygen atoms in total. The average molecular weight is 1420 g/mol. The minimum atomic E-state index is -4.96. The molecule has 0 saturated heterocycles. The van der Waals surface area contributed by atoms with Gasteiger partial charge in [-0.3, -0.25) is 37.3 Å². The van der Waals surface area contributed by atoms with E-state index in [9.17, 15) is 43.2 Å². The van der Waals surface area contributed by atoms with Gasteiger partial charge in [0.2, 0.25) is 0 Å². The number of phosphoric acid groups is 2. The van der Waals surface area contributed by atoms with Gasteiger partial charge in [-0.2, -0.15) is 0 Å². The third kappa shape index (κ3) is 72.2. The van der Waals surface area contributed by atoms with Crippen molar-refractivity contribution in [1.82, 2.24) is 0 Å². The number of hydrogen-bond donors (Lipinski definition) is 3. The fraction of sp³-hybridized carbons (Fsp3) is 0.949. The fourth-order valence-electron chi connectivity index (χ4n) is 12.1. The first kappa shape index (κ1) is 95.1. The van der Waals surface area contributed by atoms with Crippen LogP contribution in [0.3, 0.4) is 0 Å². The molecule has 0 aromatic rings. The molecule has 576 valence electrons. The minimum Gasteiger partial charge on any atom is -0.462 e. The van der Waals surface area contributed by atoms with Crippen LogP contribution in [0, 0.1) is 0 Å². The third-order valence-corrected chi connectivity index (χ3v) is 20.3. The van der Waals surface area contributed by atoms with Crippen molar-refractivity contribution in [2.75, 3.05) is 39.6 Å². The second-order valence-electron chi connectivity index (χ2n) is 28.1. The monoisotopic (exact) mass is 1420 g/mol. The average Bonchev–Trinajstić information content (AvgIpc) is 1.87. The summed E-state index contributed by atoms with van der Waals surface area (Å²) in [5, 5.41) is 10.6. The Kier molecular flexibility index (Phi) is 71.0. The van der Waals surface area contributed by atoms with Crippen LogP contribution in [0.1, 0.15) is 419 Å². The van der Waals surface area contributed by atoms with Crippen LogP contribution < -0.4 is 0 Å². The molecule has 0 aliphatic rings. The number of ether oxygens (including phenoxy) is 4. The molecule has 19 heteroatoms. The number of carbonyl (C=O) groups is 4. The predicted octanol–water partition coefficient (Wildman–Crippen LogP) is 23.4. The summed E-state index contributed by atoms with van der Waals surface area (Å²) in [6.07, 6.45) is 63.8. The standard InChI is InChI=1S/C78H152O17P2/c1-5-9-13-17-21-25-29-32-34-35-36-37-38-39-40-42-45-49-53-57-61-65-78(83)95-74(69-89-76(81)63-59-55-51-47-44-41-33-30-26-22-18-14-10-6-2)71-93-97(86,87)91-67-72(79)66-90-96(84,85)92-70-73(68-88-75(80)62-58-54-50-46-28-24-20-16-12-8-4)94-77(82)64-60-56-52-48-43-31-27-23-19-15-11-7-3/h72-74,79H,5-71H2,1-4H3,(H,84,85)(H,86,87)/t72-,73+,74+/m0/s1. The molecular formula is C78H152O17P2. The molecule has 0 bridgehead atoms. The lowest BCUT2D eigenvalue weighted by Crippen LogP contribution is -2.30. The van der Waals surface area contributed by atoms with Crippen LogP contribution in [-0.2, 0) is 65.4 Å². The van der Waals surface area contributed by atoms with Crippen molar-refractivity contribution in [2.24, 2.45) is 0 Å². The van der Waals surface area contributed by atoms with Crippen molar-refractivity contribution in [2.45, 2.75) is 438 Å². The van der Waals surface area contributed by atoms with Crippen molar-refractivity contribution in [1.29, 1.82) is 0 Å². The lowest BCUT2D eigenvalue weighted by molar-refractivity contribution is -0.161. The summed E-state index contributed by atoms with van der Waals surface area (Å²) in [6.45, 7) is 4.99. The van der Waals surface area contributed by atoms with Gasteiger partial charge < -0.3 is 33.8 Å². The maximum atomic E-state index is 13.1. The lowest BCUT2D eigenvalue weighted by atomic mass is 10.0. The zero-order valence-corrected chi connectivity index (χ0v) is 64.8. The fourth-order valence-corrected chi connectivity index (χ4v) is 13.7. The van der Waals surface area contributed by atoms with Gasteiger partial charge in [0.1, 0.15) is 19.3 Å². The van der Waals surface area contributed by atoms with E-state index in [1.54, 1.807) is 0 Å². The van der Waals surface area contributed by atoms with Gasteiger partial charge in [-0.15, -0.1) is 0 Å². The molecule has 0 spiro atoms. The number of rotatable bonds is 79. The summed E-state index contributed by atoms with van der Waals surface area (Å²) in [6, 6.07) is 0. The molecule has 0 aromatic carbocycles. The number of carbonyl (C=O) groups excluding carboxylic acids is 4. The largest absolute Gasteiger partial charge is 0.472 e. The second kappa shape index (κ2) is 72.4. The van der Waals surface area contributed by atoms with Crippen LogP contribution in [-0.4, -0.2) is 96.7 Å². The van der Waals surface area contributed by atoms with Crippen LogP contribution in [0.25, 0.3) is 0 Å². The number of unbranched alkanes of at least 4 members (excludes halogenated alkanes) is 53. The van der Waals surface area contributed by atoms with Crippen molar-refractivity contribution in [3.63, 3.8) is 0 Å². The Bertz CT molecular complexity index is 1840. The molecule has 0 aromatic heterocycles. The van der Waals surface area contributed by atoms with E-state index in [4.69, 9.17) is 37.0 Å². The number of aliphatic hydroxyl groups is 1. The Morgan fingerprint density at radius 1 is 0.247 bits per heavy atom. The van der Waals surface area contributed by atoms with Crippen LogP contribution in [0.5, 0.6) is 0 Å². The Labute approximate surface area is 594 Å². The van der Waals surface area contributed by atoms with Gasteiger partial charge in [-0.1, -0.05) is 368 Å². The number of esters is 4. The molecule has 5 atom stereocenters. The van der Waals surface area contributed by atoms with Crippen LogP contribution in [0.15, 0.2) is 0 Å². The SMILES string of the molecule is CCCCCCCCCCCCCCCCCCCCCCCC(=O)O[C@H](COC(=O)CCCCCCCCCCCCCCCC)COP(=O)(O)OC[C@@H](O)COP(=O)(O)OC[C@@H](COC(=O)CCCCCCCCCCCC)OC(=O)CCCCCCCCCCCCCC. The van der Waals surface area contributed by atoms with E-state index in [1.807, 2.05) is 0 Å². The molecule has 0 radical (unpaired) electrons. The highest BCUT2D eigenvalue weighted by Gasteiger charge is 2.30. The van der Waals surface area contributed by atoms with Crippen LogP contribution in [0.4, 0.5) is 0 Å². The van der Waals surface area contributed by atoms with E-state index in [1.165, 1.54) is 250 Å². The minimum absolute atomic E-state index is 0.108. The first-order valence-electron chi connectivity index (χ1n) is 40.8. The van der Waals surface area contributed by atoms with Gasteiger partial charge in [0.15, 0.2) is 12.2 Å². The molecule has 0 aliphatic carbocycles. The second-order valence-corrected chi connectivity index (χ2v) is 31.0. The summed E-state index contributed by atoms with van der Waals surface area (Å²) >= 11 is 0. The van der Waals surface area contributed by atoms with Gasteiger partial charge in [0.05, 0.1) is 26.4 Å². The number of aliphatic hydroxyl groups excluding tert-OH is 1. The van der Waals surface area contributed by atoms with Crippen molar-refractivity contribution in [3.05, 3.63) is 0 Å². The Hall–Kier alpha value is -1.94. The summed E-state index contributed by atoms with van der Waals surface area (Å²) in [5.74, 6) is -2.11. The first-order valence-corrected chi connectivity index (χ1v) is 43.8. The summed E-state index contributed by atoms with van der Waals surface area (Å²) < 4.78 is 68.6. The van der Waals surface area contributed by atoms with Gasteiger partial charge in [0, 0.05) is 25.7 Å².